The molecule has 0 radical (unpaired) electrons. The molecule has 4 amide bonds. The van der Waals surface area contributed by atoms with Crippen molar-refractivity contribution in [3.63, 3.8) is 0 Å². The zero-order chi connectivity index (χ0) is 36.9. The van der Waals surface area contributed by atoms with E-state index in [9.17, 15) is 19.2 Å². The van der Waals surface area contributed by atoms with Gasteiger partial charge < -0.3 is 19.2 Å². The van der Waals surface area contributed by atoms with Crippen LogP contribution in [0.25, 0.3) is 11.6 Å². The molecule has 14 heteroatoms. The van der Waals surface area contributed by atoms with Gasteiger partial charge in [0.25, 0.3) is 17.7 Å². The first-order valence-electron chi connectivity index (χ1n) is 17.3. The molecule has 1 atom stereocenters. The van der Waals surface area contributed by atoms with Crippen LogP contribution >= 0.6 is 0 Å². The fourth-order valence-electron chi connectivity index (χ4n) is 6.83. The van der Waals surface area contributed by atoms with Crippen molar-refractivity contribution in [1.29, 1.82) is 0 Å². The number of hydrogen-bond donors (Lipinski definition) is 2. The smallest absolute Gasteiger partial charge is 0.268 e. The molecule has 1 aliphatic carbocycles. The lowest BCUT2D eigenvalue weighted by atomic mass is 9.78. The zero-order valence-corrected chi connectivity index (χ0v) is 29.2. The number of nitrogens with zero attached hydrogens (tertiary/aromatic N) is 5. The second kappa shape index (κ2) is 13.3. The number of nitrogens with one attached hydrogen (secondary N) is 2. The summed E-state index contributed by atoms with van der Waals surface area (Å²) in [5, 5.41) is 21.7. The molecule has 4 heterocycles. The predicted octanol–water partition coefficient (Wildman–Crippen LogP) is 5.38. The highest BCUT2D eigenvalue weighted by Crippen LogP contribution is 2.36. The normalized spacial score (nSPS) is 19.8. The summed E-state index contributed by atoms with van der Waals surface area (Å²) >= 11 is 0. The van der Waals surface area contributed by atoms with Crippen LogP contribution in [0, 0.1) is 6.92 Å². The minimum absolute atomic E-state index is 0.0310. The van der Waals surface area contributed by atoms with E-state index in [2.05, 4.69) is 57.0 Å². The van der Waals surface area contributed by atoms with Crippen LogP contribution in [0.1, 0.15) is 77.3 Å². The van der Waals surface area contributed by atoms with Gasteiger partial charge >= 0.3 is 0 Å². The number of benzene rings is 3. The molecule has 14 nitrogen and oxygen atoms in total. The third-order valence-corrected chi connectivity index (χ3v) is 9.97. The van der Waals surface area contributed by atoms with Crippen LogP contribution in [0.5, 0.6) is 17.4 Å². The van der Waals surface area contributed by atoms with Crippen LogP contribution in [0.15, 0.2) is 83.3 Å². The summed E-state index contributed by atoms with van der Waals surface area (Å²) in [6.07, 6.45) is 1.76. The number of carbonyl (C=O) groups is 4. The van der Waals surface area contributed by atoms with Crippen molar-refractivity contribution >= 4 is 29.3 Å². The number of anilines is 1. The summed E-state index contributed by atoms with van der Waals surface area (Å²) in [5.74, 6) is 0.437. The maximum atomic E-state index is 13.2. The monoisotopic (exact) mass is 713 g/mol. The SMILES string of the molecule is Cc1nnc(-c2ccc(Oc3ccc(C(C)(C)c4ccc(O[C@H]5C[C@H](Nc6ccc7c(c6)C(=O)N(C6CCC(=O)NC6=O)C7=O)C5)cc4)cc3)nn2)o1. The van der Waals surface area contributed by atoms with E-state index in [1.807, 2.05) is 36.4 Å². The van der Waals surface area contributed by atoms with Crippen LogP contribution in [-0.2, 0) is 15.0 Å². The van der Waals surface area contributed by atoms with Crippen LogP contribution in [0.2, 0.25) is 0 Å². The molecular weight excluding hydrogens is 678 g/mol. The Labute approximate surface area is 303 Å². The van der Waals surface area contributed by atoms with E-state index in [0.29, 0.717) is 34.8 Å². The first kappa shape index (κ1) is 33.7. The third-order valence-electron chi connectivity index (χ3n) is 9.97. The number of hydrogen-bond acceptors (Lipinski definition) is 12. The molecule has 0 spiro atoms. The first-order valence-corrected chi connectivity index (χ1v) is 17.3. The van der Waals surface area contributed by atoms with E-state index >= 15 is 0 Å². The number of carbonyl (C=O) groups excluding carboxylic acids is 4. The van der Waals surface area contributed by atoms with E-state index in [0.717, 1.165) is 34.6 Å². The number of imide groups is 2. The Bertz CT molecular complexity index is 2230. The lowest BCUT2D eigenvalue weighted by Gasteiger charge is -2.36. The van der Waals surface area contributed by atoms with Crippen molar-refractivity contribution in [3.05, 3.63) is 107 Å². The maximum Gasteiger partial charge on any atom is 0.268 e. The molecule has 1 saturated heterocycles. The van der Waals surface area contributed by atoms with Gasteiger partial charge in [-0.25, -0.2) is 0 Å². The molecule has 3 aliphatic rings. The lowest BCUT2D eigenvalue weighted by Crippen LogP contribution is -2.54. The Balaban J connectivity index is 0.829. The second-order valence-electron chi connectivity index (χ2n) is 13.9. The number of amides is 4. The molecule has 8 rings (SSSR count). The Morgan fingerprint density at radius 2 is 1.51 bits per heavy atom. The Hall–Kier alpha value is -6.44. The molecular formula is C39H35N7O7. The van der Waals surface area contributed by atoms with Gasteiger partial charge in [0.15, 0.2) is 5.69 Å². The van der Waals surface area contributed by atoms with Crippen LogP contribution in [0.4, 0.5) is 5.69 Å². The number of fused-ring (bicyclic) bond motifs is 1. The number of aromatic nitrogens is 4. The fourth-order valence-corrected chi connectivity index (χ4v) is 6.83. The number of piperidine rings is 1. The molecule has 1 saturated carbocycles. The van der Waals surface area contributed by atoms with Crippen molar-refractivity contribution in [1.82, 2.24) is 30.6 Å². The second-order valence-corrected chi connectivity index (χ2v) is 13.9. The van der Waals surface area contributed by atoms with Crippen molar-refractivity contribution in [2.45, 2.75) is 70.1 Å². The summed E-state index contributed by atoms with van der Waals surface area (Å²) in [6.45, 7) is 6.04. The standard InChI is InChI=1S/C39H35N7O7/c1-21-42-45-36(51-21)31-14-17-34(44-43-31)53-27-11-6-23(7-12-27)39(2,3)22-4-9-26(10-5-22)52-28-18-25(19-28)40-24-8-13-29-30(20-24)38(50)46(37(29)49)32-15-16-33(47)41-35(32)48/h4-14,17,20,25,28,32,40H,15-16,18-19H2,1-3H3,(H,41,47,48)/t25-,28-,32?. The molecule has 5 aromatic rings. The Morgan fingerprint density at radius 3 is 2.15 bits per heavy atom. The molecule has 1 unspecified atom stereocenters. The molecule has 2 aliphatic heterocycles. The van der Waals surface area contributed by atoms with E-state index in [4.69, 9.17) is 13.9 Å². The van der Waals surface area contributed by atoms with E-state index in [-0.39, 0.29) is 41.5 Å². The van der Waals surface area contributed by atoms with Gasteiger partial charge in [0.05, 0.1) is 11.1 Å². The average Bonchev–Trinajstić information content (AvgIpc) is 3.68. The summed E-state index contributed by atoms with van der Waals surface area (Å²) < 4.78 is 17.6. The Morgan fingerprint density at radius 1 is 0.811 bits per heavy atom. The minimum atomic E-state index is -0.991. The molecule has 0 bridgehead atoms. The predicted molar refractivity (Wildman–Crippen MR) is 189 cm³/mol. The molecule has 2 aromatic heterocycles. The third kappa shape index (κ3) is 6.59. The van der Waals surface area contributed by atoms with Gasteiger partial charge in [-0.15, -0.1) is 20.4 Å². The molecule has 53 heavy (non-hydrogen) atoms. The summed E-state index contributed by atoms with van der Waals surface area (Å²) in [7, 11) is 0. The highest BCUT2D eigenvalue weighted by atomic mass is 16.5. The van der Waals surface area contributed by atoms with E-state index in [1.165, 1.54) is 0 Å². The van der Waals surface area contributed by atoms with Gasteiger partial charge in [-0.05, 0) is 66.1 Å². The lowest BCUT2D eigenvalue weighted by molar-refractivity contribution is -0.136. The number of rotatable bonds is 10. The molecule has 3 aromatic carbocycles. The van der Waals surface area contributed by atoms with Crippen molar-refractivity contribution < 1.29 is 33.1 Å². The minimum Gasteiger partial charge on any atom is -0.490 e. The topological polar surface area (TPSA) is 179 Å². The number of ether oxygens (including phenoxy) is 2. The van der Waals surface area contributed by atoms with Crippen molar-refractivity contribution in [2.75, 3.05) is 5.32 Å². The number of aryl methyl sites for hydroxylation is 1. The van der Waals surface area contributed by atoms with Crippen LogP contribution in [-0.4, -0.2) is 67.1 Å². The zero-order valence-electron chi connectivity index (χ0n) is 29.2. The average molecular weight is 714 g/mol. The highest BCUT2D eigenvalue weighted by molar-refractivity contribution is 6.23. The van der Waals surface area contributed by atoms with Crippen LogP contribution in [0.3, 0.4) is 0 Å². The van der Waals surface area contributed by atoms with Crippen molar-refractivity contribution in [3.8, 4) is 29.0 Å². The van der Waals surface area contributed by atoms with Gasteiger partial charge in [0.1, 0.15) is 23.6 Å². The van der Waals surface area contributed by atoms with E-state index < -0.39 is 29.7 Å². The van der Waals surface area contributed by atoms with Crippen molar-refractivity contribution in [2.24, 2.45) is 0 Å². The summed E-state index contributed by atoms with van der Waals surface area (Å²) in [6, 6.07) is 23.6. The van der Waals surface area contributed by atoms with Gasteiger partial charge in [-0.1, -0.05) is 38.1 Å². The summed E-state index contributed by atoms with van der Waals surface area (Å²) in [5.41, 5.74) is 3.64. The maximum absolute atomic E-state index is 13.2. The van der Waals surface area contributed by atoms with Gasteiger partial charge in [-0.2, -0.15) is 0 Å². The van der Waals surface area contributed by atoms with E-state index in [1.54, 1.807) is 37.3 Å². The fraction of sp³-hybridized carbons (Fsp3) is 0.282. The first-order chi connectivity index (χ1) is 25.5. The Kier molecular flexibility index (Phi) is 8.44. The molecule has 2 N–H and O–H groups in total. The van der Waals surface area contributed by atoms with Gasteiger partial charge in [0.2, 0.25) is 23.6 Å². The molecule has 268 valence electrons. The highest BCUT2D eigenvalue weighted by Gasteiger charge is 2.45. The summed E-state index contributed by atoms with van der Waals surface area (Å²) in [4.78, 5) is 51.1. The van der Waals surface area contributed by atoms with Gasteiger partial charge in [-0.3, -0.25) is 29.4 Å². The van der Waals surface area contributed by atoms with Crippen LogP contribution < -0.4 is 20.1 Å². The van der Waals surface area contributed by atoms with Gasteiger partial charge in [0, 0.05) is 49.4 Å². The molecule has 2 fully saturated rings. The quantitative estimate of drug-likeness (QED) is 0.177. The largest absolute Gasteiger partial charge is 0.490 e.